The summed E-state index contributed by atoms with van der Waals surface area (Å²) in [6.45, 7) is 13.6. The van der Waals surface area contributed by atoms with Crippen LogP contribution < -0.4 is 0 Å². The summed E-state index contributed by atoms with van der Waals surface area (Å²) in [6.07, 6.45) is 2.69. The highest BCUT2D eigenvalue weighted by Gasteiger charge is 2.28. The molecular weight excluding hydrogens is 591 g/mol. The molecule has 0 radical (unpaired) electrons. The van der Waals surface area contributed by atoms with Gasteiger partial charge in [-0.05, 0) is 54.2 Å². The third kappa shape index (κ3) is 15.7. The van der Waals surface area contributed by atoms with Gasteiger partial charge in [-0.1, -0.05) is 96.1 Å². The van der Waals surface area contributed by atoms with Crippen LogP contribution in [-0.4, -0.2) is 55.8 Å². The fourth-order valence-corrected chi connectivity index (χ4v) is 10.1. The maximum atomic E-state index is 12.2. The summed E-state index contributed by atoms with van der Waals surface area (Å²) in [6, 6.07) is 18.4. The Kier molecular flexibility index (Phi) is 17.3. The first kappa shape index (κ1) is 38.4. The van der Waals surface area contributed by atoms with Gasteiger partial charge in [0.1, 0.15) is 12.6 Å². The summed E-state index contributed by atoms with van der Waals surface area (Å²) in [5.41, 5.74) is 2.87. The van der Waals surface area contributed by atoms with E-state index in [0.717, 1.165) is 24.2 Å². The number of rotatable bonds is 16. The van der Waals surface area contributed by atoms with Gasteiger partial charge in [-0.3, -0.25) is 8.98 Å². The third-order valence-corrected chi connectivity index (χ3v) is 14.2. The van der Waals surface area contributed by atoms with Gasteiger partial charge in [0.05, 0.1) is 25.7 Å². The van der Waals surface area contributed by atoms with E-state index >= 15 is 0 Å². The van der Waals surface area contributed by atoms with E-state index in [-0.39, 0.29) is 41.3 Å². The van der Waals surface area contributed by atoms with E-state index < -0.39 is 17.3 Å². The minimum absolute atomic E-state index is 0.0625. The predicted molar refractivity (Wildman–Crippen MR) is 176 cm³/mol. The van der Waals surface area contributed by atoms with Crippen molar-refractivity contribution in [2.75, 3.05) is 31.0 Å². The summed E-state index contributed by atoms with van der Waals surface area (Å²) in [4.78, 5) is 12.2. The molecule has 0 fully saturated rings. The summed E-state index contributed by atoms with van der Waals surface area (Å²) in [5.74, 6) is 0.587. The van der Waals surface area contributed by atoms with Crippen LogP contribution >= 0.6 is 18.9 Å². The Hall–Kier alpha value is -1.64. The number of aryl methyl sites for hydroxylation is 1. The van der Waals surface area contributed by atoms with Crippen LogP contribution in [0.1, 0.15) is 71.6 Å². The molecular formula is C32H51O7PS2. The van der Waals surface area contributed by atoms with Gasteiger partial charge >= 0.3 is 5.97 Å². The molecule has 0 aliphatic carbocycles. The summed E-state index contributed by atoms with van der Waals surface area (Å²) < 4.78 is 45.4. The molecule has 2 atom stereocenters. The number of hydrogen-bond donors (Lipinski definition) is 1. The van der Waals surface area contributed by atoms with Gasteiger partial charge in [-0.2, -0.15) is 20.2 Å². The first-order valence-corrected chi connectivity index (χ1v) is 19.5. The topological polar surface area (TPSA) is 107 Å². The largest absolute Gasteiger partial charge is 0.466 e. The van der Waals surface area contributed by atoms with E-state index in [1.807, 2.05) is 65.0 Å². The second kappa shape index (κ2) is 18.9. The lowest BCUT2D eigenvalue weighted by molar-refractivity contribution is -0.147. The molecule has 2 aromatic rings. The van der Waals surface area contributed by atoms with Gasteiger partial charge in [0.15, 0.2) is 0 Å². The molecule has 0 aliphatic heterocycles. The van der Waals surface area contributed by atoms with Gasteiger partial charge < -0.3 is 14.4 Å². The number of hydrogen-bond acceptors (Lipinski definition) is 8. The zero-order chi connectivity index (χ0) is 31.8. The fraction of sp³-hybridized carbons (Fsp3) is 0.594. The Bertz CT molecular complexity index is 1190. The van der Waals surface area contributed by atoms with Crippen molar-refractivity contribution < 1.29 is 31.8 Å². The van der Waals surface area contributed by atoms with E-state index in [1.165, 1.54) is 11.1 Å². The number of carbonyl (C=O) groups is 1. The van der Waals surface area contributed by atoms with Crippen molar-refractivity contribution in [3.05, 3.63) is 71.3 Å². The van der Waals surface area contributed by atoms with Gasteiger partial charge in [0, 0.05) is 11.0 Å². The summed E-state index contributed by atoms with van der Waals surface area (Å²) in [5, 5.41) is 9.35. The van der Waals surface area contributed by atoms with Crippen LogP contribution in [0.5, 0.6) is 0 Å². The Labute approximate surface area is 258 Å². The molecule has 10 heteroatoms. The molecule has 0 saturated carbocycles. The zero-order valence-corrected chi connectivity index (χ0v) is 28.9. The summed E-state index contributed by atoms with van der Waals surface area (Å²) >= 11 is 1.81. The SMILES string of the molecule is CCOC(=O)[C@H](C)[C@@H](CCc1ccccc1)SCc1ccc(CO)cc1.CCP(=O)(CC)CS(=O)(=O)OCC(C)(C)C. The Morgan fingerprint density at radius 1 is 0.952 bits per heavy atom. The van der Waals surface area contributed by atoms with E-state index in [0.29, 0.717) is 18.9 Å². The van der Waals surface area contributed by atoms with Gasteiger partial charge in [0.2, 0.25) is 0 Å². The number of benzene rings is 2. The molecule has 238 valence electrons. The zero-order valence-electron chi connectivity index (χ0n) is 26.4. The Balaban J connectivity index is 0.000000476. The number of thioether (sulfide) groups is 1. The molecule has 0 unspecified atom stereocenters. The monoisotopic (exact) mass is 642 g/mol. The third-order valence-electron chi connectivity index (χ3n) is 6.66. The summed E-state index contributed by atoms with van der Waals surface area (Å²) in [7, 11) is -6.26. The van der Waals surface area contributed by atoms with E-state index in [2.05, 4.69) is 24.3 Å². The van der Waals surface area contributed by atoms with Gasteiger partial charge in [0.25, 0.3) is 10.1 Å². The minimum atomic E-state index is -3.66. The molecule has 1 N–H and O–H groups in total. The van der Waals surface area contributed by atoms with Crippen molar-refractivity contribution in [1.82, 2.24) is 0 Å². The number of aliphatic hydroxyl groups is 1. The van der Waals surface area contributed by atoms with Crippen molar-refractivity contribution in [3.8, 4) is 0 Å². The molecule has 0 aromatic heterocycles. The number of ether oxygens (including phenoxy) is 1. The highest BCUT2D eigenvalue weighted by molar-refractivity contribution is 7.99. The van der Waals surface area contributed by atoms with Crippen molar-refractivity contribution in [1.29, 1.82) is 0 Å². The average molecular weight is 643 g/mol. The standard InChI is InChI=1S/C22H28O3S.C10H23O4PS/c1-3-25-22(24)17(2)21(14-13-18-7-5-4-6-8-18)26-16-20-11-9-19(15-23)10-12-20;1-6-15(11,7-2)9-16(12,13)14-8-10(3,4)5/h4-12,17,21,23H,3,13-16H2,1-2H3;6-9H2,1-5H3/t17-,21-;/m1./s1. The van der Waals surface area contributed by atoms with E-state index in [4.69, 9.17) is 14.0 Å². The second-order valence-corrected chi connectivity index (χ2v) is 18.6. The quantitative estimate of drug-likeness (QED) is 0.115. The van der Waals surface area contributed by atoms with Crippen LogP contribution in [0.4, 0.5) is 0 Å². The first-order valence-electron chi connectivity index (χ1n) is 14.6. The van der Waals surface area contributed by atoms with E-state index in [9.17, 15) is 17.8 Å². The Morgan fingerprint density at radius 3 is 2.02 bits per heavy atom. The highest BCUT2D eigenvalue weighted by atomic mass is 32.2. The van der Waals surface area contributed by atoms with Crippen molar-refractivity contribution >= 4 is 35.0 Å². The maximum absolute atomic E-state index is 12.2. The molecule has 0 saturated heterocycles. The van der Waals surface area contributed by atoms with Gasteiger partial charge in [-0.25, -0.2) is 0 Å². The maximum Gasteiger partial charge on any atom is 0.309 e. The van der Waals surface area contributed by atoms with Crippen LogP contribution in [0, 0.1) is 11.3 Å². The molecule has 0 heterocycles. The molecule has 0 aliphatic rings. The number of aliphatic hydroxyl groups excluding tert-OH is 1. The number of esters is 1. The first-order chi connectivity index (χ1) is 19.7. The lowest BCUT2D eigenvalue weighted by Gasteiger charge is -2.22. The van der Waals surface area contributed by atoms with Crippen LogP contribution in [-0.2, 0) is 47.2 Å². The van der Waals surface area contributed by atoms with Gasteiger partial charge in [-0.15, -0.1) is 0 Å². The van der Waals surface area contributed by atoms with Crippen LogP contribution in [0.2, 0.25) is 0 Å². The second-order valence-electron chi connectivity index (χ2n) is 11.6. The highest BCUT2D eigenvalue weighted by Crippen LogP contribution is 2.46. The molecule has 0 bridgehead atoms. The number of carbonyl (C=O) groups excluding carboxylic acids is 1. The van der Waals surface area contributed by atoms with Crippen molar-refractivity contribution in [2.24, 2.45) is 11.3 Å². The average Bonchev–Trinajstić information content (AvgIpc) is 2.96. The van der Waals surface area contributed by atoms with Crippen molar-refractivity contribution in [3.63, 3.8) is 0 Å². The lowest BCUT2D eigenvalue weighted by atomic mass is 9.99. The van der Waals surface area contributed by atoms with E-state index in [1.54, 1.807) is 25.6 Å². The molecule has 42 heavy (non-hydrogen) atoms. The predicted octanol–water partition coefficient (Wildman–Crippen LogP) is 7.35. The molecule has 0 spiro atoms. The van der Waals surface area contributed by atoms with Crippen LogP contribution in [0.25, 0.3) is 0 Å². The lowest BCUT2D eigenvalue weighted by Crippen LogP contribution is -2.26. The Morgan fingerprint density at radius 2 is 1.52 bits per heavy atom. The molecule has 2 aromatic carbocycles. The smallest absolute Gasteiger partial charge is 0.309 e. The van der Waals surface area contributed by atoms with Crippen LogP contribution in [0.15, 0.2) is 54.6 Å². The normalized spacial score (nSPS) is 13.5. The van der Waals surface area contributed by atoms with Crippen LogP contribution in [0.3, 0.4) is 0 Å². The minimum Gasteiger partial charge on any atom is -0.466 e. The fourth-order valence-electron chi connectivity index (χ4n) is 3.80. The molecule has 2 rings (SSSR count). The molecule has 7 nitrogen and oxygen atoms in total. The molecule has 0 amide bonds. The van der Waals surface area contributed by atoms with Crippen molar-refractivity contribution in [2.45, 2.75) is 78.9 Å².